The standard InChI is InChI=1S/C19H25ClN4O2/c1-21-19(24(3)13-15-6-4-7-23(15)2)22-12-14-10-16(20)18-17(11-14)25-8-5-9-26-18/h4,6-7,10-11H,5,8-9,12-13H2,1-3H3,(H,21,22). The van der Waals surface area contributed by atoms with Gasteiger partial charge in [-0.3, -0.25) is 4.99 Å². The van der Waals surface area contributed by atoms with Crippen molar-refractivity contribution in [2.24, 2.45) is 12.0 Å². The first-order chi connectivity index (χ1) is 12.6. The number of hydrogen-bond donors (Lipinski definition) is 1. The molecule has 0 amide bonds. The average molecular weight is 377 g/mol. The SMILES string of the molecule is CN=C(NCc1cc(Cl)c2c(c1)OCCCO2)N(C)Cc1cccn1C. The quantitative estimate of drug-likeness (QED) is 0.658. The molecule has 0 atom stereocenters. The van der Waals surface area contributed by atoms with Crippen molar-refractivity contribution in [1.82, 2.24) is 14.8 Å². The lowest BCUT2D eigenvalue weighted by Crippen LogP contribution is -2.38. The number of rotatable bonds is 4. The first kappa shape index (κ1) is 18.5. The number of aryl methyl sites for hydroxylation is 1. The fourth-order valence-electron chi connectivity index (χ4n) is 2.93. The smallest absolute Gasteiger partial charge is 0.194 e. The number of halogens is 1. The van der Waals surface area contributed by atoms with Gasteiger partial charge in [0.25, 0.3) is 0 Å². The molecule has 6 nitrogen and oxygen atoms in total. The van der Waals surface area contributed by atoms with Crippen molar-refractivity contribution in [2.45, 2.75) is 19.5 Å². The fraction of sp³-hybridized carbons (Fsp3) is 0.421. The van der Waals surface area contributed by atoms with E-state index in [0.29, 0.717) is 36.3 Å². The number of guanidine groups is 1. The summed E-state index contributed by atoms with van der Waals surface area (Å²) in [5.41, 5.74) is 2.24. The largest absolute Gasteiger partial charge is 0.489 e. The summed E-state index contributed by atoms with van der Waals surface area (Å²) in [6.45, 7) is 2.63. The molecule has 1 aromatic carbocycles. The van der Waals surface area contributed by atoms with Crippen LogP contribution in [0.2, 0.25) is 5.02 Å². The average Bonchev–Trinajstić information content (AvgIpc) is 2.87. The number of nitrogens with one attached hydrogen (secondary N) is 1. The maximum Gasteiger partial charge on any atom is 0.194 e. The lowest BCUT2D eigenvalue weighted by molar-refractivity contribution is 0.297. The molecule has 0 unspecified atom stereocenters. The van der Waals surface area contributed by atoms with Gasteiger partial charge >= 0.3 is 0 Å². The van der Waals surface area contributed by atoms with Crippen LogP contribution in [0.1, 0.15) is 17.7 Å². The summed E-state index contributed by atoms with van der Waals surface area (Å²) in [7, 11) is 5.84. The highest BCUT2D eigenvalue weighted by atomic mass is 35.5. The Hall–Kier alpha value is -2.34. The van der Waals surface area contributed by atoms with Crippen molar-refractivity contribution in [3.63, 3.8) is 0 Å². The normalized spacial score (nSPS) is 14.1. The van der Waals surface area contributed by atoms with Crippen molar-refractivity contribution in [3.05, 3.63) is 46.7 Å². The molecule has 1 aliphatic heterocycles. The fourth-order valence-corrected chi connectivity index (χ4v) is 3.22. The molecule has 1 N–H and O–H groups in total. The molecule has 1 aliphatic rings. The Balaban J connectivity index is 1.66. The maximum atomic E-state index is 6.37. The van der Waals surface area contributed by atoms with Crippen LogP contribution in [0.15, 0.2) is 35.5 Å². The summed E-state index contributed by atoms with van der Waals surface area (Å²) in [5.74, 6) is 2.16. The van der Waals surface area contributed by atoms with Crippen molar-refractivity contribution in [2.75, 3.05) is 27.3 Å². The molecule has 0 fully saturated rings. The Kier molecular flexibility index (Phi) is 5.93. The van der Waals surface area contributed by atoms with Gasteiger partial charge < -0.3 is 24.3 Å². The monoisotopic (exact) mass is 376 g/mol. The second kappa shape index (κ2) is 8.36. The van der Waals surface area contributed by atoms with Gasteiger partial charge in [-0.2, -0.15) is 0 Å². The Morgan fingerprint density at radius 2 is 2.15 bits per heavy atom. The minimum absolute atomic E-state index is 0.577. The van der Waals surface area contributed by atoms with Crippen LogP contribution in [0.3, 0.4) is 0 Å². The Bertz CT molecular complexity index is 788. The number of benzene rings is 1. The van der Waals surface area contributed by atoms with E-state index in [-0.39, 0.29) is 0 Å². The van der Waals surface area contributed by atoms with E-state index in [2.05, 4.69) is 25.8 Å². The molecule has 26 heavy (non-hydrogen) atoms. The van der Waals surface area contributed by atoms with Crippen molar-refractivity contribution >= 4 is 17.6 Å². The number of hydrogen-bond acceptors (Lipinski definition) is 3. The molecule has 2 aromatic rings. The number of aliphatic imine (C=N–C) groups is 1. The van der Waals surface area contributed by atoms with Crippen molar-refractivity contribution < 1.29 is 9.47 Å². The van der Waals surface area contributed by atoms with Crippen LogP contribution in [0.5, 0.6) is 11.5 Å². The van der Waals surface area contributed by atoms with Gasteiger partial charge in [-0.1, -0.05) is 11.6 Å². The third-order valence-corrected chi connectivity index (χ3v) is 4.62. The zero-order valence-electron chi connectivity index (χ0n) is 15.5. The van der Waals surface area contributed by atoms with Crippen molar-refractivity contribution in [3.8, 4) is 11.5 Å². The highest BCUT2D eigenvalue weighted by Gasteiger charge is 2.16. The van der Waals surface area contributed by atoms with E-state index in [1.807, 2.05) is 38.5 Å². The molecule has 1 aromatic heterocycles. The van der Waals surface area contributed by atoms with E-state index >= 15 is 0 Å². The number of aromatic nitrogens is 1. The molecule has 140 valence electrons. The van der Waals surface area contributed by atoms with Crippen LogP contribution < -0.4 is 14.8 Å². The molecular weight excluding hydrogens is 352 g/mol. The Morgan fingerprint density at radius 1 is 1.35 bits per heavy atom. The molecule has 0 bridgehead atoms. The number of ether oxygens (including phenoxy) is 2. The third-order valence-electron chi connectivity index (χ3n) is 4.34. The summed E-state index contributed by atoms with van der Waals surface area (Å²) in [5, 5.41) is 3.96. The van der Waals surface area contributed by atoms with Crippen LogP contribution in [0, 0.1) is 0 Å². The van der Waals surface area contributed by atoms with E-state index in [0.717, 1.165) is 24.5 Å². The number of nitrogens with zero attached hydrogens (tertiary/aromatic N) is 3. The van der Waals surface area contributed by atoms with E-state index in [9.17, 15) is 0 Å². The predicted molar refractivity (Wildman–Crippen MR) is 104 cm³/mol. The van der Waals surface area contributed by atoms with Gasteiger partial charge in [-0.15, -0.1) is 0 Å². The molecule has 2 heterocycles. The molecule has 0 radical (unpaired) electrons. The maximum absolute atomic E-state index is 6.37. The zero-order valence-corrected chi connectivity index (χ0v) is 16.2. The van der Waals surface area contributed by atoms with Crippen LogP contribution in [-0.4, -0.2) is 42.7 Å². The third kappa shape index (κ3) is 4.25. The first-order valence-corrected chi connectivity index (χ1v) is 9.06. The van der Waals surface area contributed by atoms with Gasteiger partial charge in [0.1, 0.15) is 0 Å². The Labute approximate surface area is 159 Å². The highest BCUT2D eigenvalue weighted by molar-refractivity contribution is 6.32. The molecule has 0 saturated carbocycles. The molecule has 3 rings (SSSR count). The molecule has 0 aliphatic carbocycles. The van der Waals surface area contributed by atoms with E-state index < -0.39 is 0 Å². The highest BCUT2D eigenvalue weighted by Crippen LogP contribution is 2.37. The van der Waals surface area contributed by atoms with E-state index in [1.165, 1.54) is 5.69 Å². The van der Waals surface area contributed by atoms with E-state index in [1.54, 1.807) is 7.05 Å². The van der Waals surface area contributed by atoms with E-state index in [4.69, 9.17) is 21.1 Å². The van der Waals surface area contributed by atoms with Crippen LogP contribution in [-0.2, 0) is 20.1 Å². The zero-order chi connectivity index (χ0) is 18.5. The lowest BCUT2D eigenvalue weighted by atomic mass is 10.2. The summed E-state index contributed by atoms with van der Waals surface area (Å²) in [4.78, 5) is 6.45. The van der Waals surface area contributed by atoms with Gasteiger partial charge in [0, 0.05) is 46.0 Å². The summed E-state index contributed by atoms with van der Waals surface area (Å²) >= 11 is 6.37. The van der Waals surface area contributed by atoms with Crippen LogP contribution in [0.25, 0.3) is 0 Å². The second-order valence-electron chi connectivity index (χ2n) is 6.32. The minimum atomic E-state index is 0.577. The Morgan fingerprint density at radius 3 is 2.88 bits per heavy atom. The summed E-state index contributed by atoms with van der Waals surface area (Å²) in [6.07, 6.45) is 2.90. The van der Waals surface area contributed by atoms with Crippen LogP contribution >= 0.6 is 11.6 Å². The van der Waals surface area contributed by atoms with Crippen molar-refractivity contribution in [1.29, 1.82) is 0 Å². The lowest BCUT2D eigenvalue weighted by Gasteiger charge is -2.22. The minimum Gasteiger partial charge on any atom is -0.489 e. The summed E-state index contributed by atoms with van der Waals surface area (Å²) in [6, 6.07) is 8.03. The predicted octanol–water partition coefficient (Wildman–Crippen LogP) is 3.05. The van der Waals surface area contributed by atoms with Gasteiger partial charge in [-0.05, 0) is 29.8 Å². The van der Waals surface area contributed by atoms with Gasteiger partial charge in [0.05, 0.1) is 24.8 Å². The molecular formula is C19H25ClN4O2. The number of fused-ring (bicyclic) bond motifs is 1. The van der Waals surface area contributed by atoms with Gasteiger partial charge in [0.2, 0.25) is 0 Å². The second-order valence-corrected chi connectivity index (χ2v) is 6.73. The first-order valence-electron chi connectivity index (χ1n) is 8.68. The topological polar surface area (TPSA) is 51.0 Å². The molecule has 0 spiro atoms. The van der Waals surface area contributed by atoms with Crippen LogP contribution in [0.4, 0.5) is 0 Å². The molecule has 0 saturated heterocycles. The van der Waals surface area contributed by atoms with Gasteiger partial charge in [-0.25, -0.2) is 0 Å². The molecule has 7 heteroatoms. The summed E-state index contributed by atoms with van der Waals surface area (Å²) < 4.78 is 13.5. The van der Waals surface area contributed by atoms with Gasteiger partial charge in [0.15, 0.2) is 17.5 Å².